The molecule has 1 heterocycles. The Morgan fingerprint density at radius 1 is 1.18 bits per heavy atom. The first-order chi connectivity index (χ1) is 8.19. The molecule has 0 bridgehead atoms. The monoisotopic (exact) mass is 233 g/mol. The highest BCUT2D eigenvalue weighted by Crippen LogP contribution is 2.15. The maximum Gasteiger partial charge on any atom is 0.336 e. The molecule has 0 aliphatic rings. The van der Waals surface area contributed by atoms with Crippen molar-refractivity contribution < 1.29 is 9.47 Å². The fourth-order valence-electron chi connectivity index (χ4n) is 1.37. The first-order valence-corrected chi connectivity index (χ1v) is 5.42. The summed E-state index contributed by atoms with van der Waals surface area (Å²) in [5.41, 5.74) is 0.914. The number of benzene rings is 1. The fourth-order valence-corrected chi connectivity index (χ4v) is 1.37. The zero-order valence-electron chi connectivity index (χ0n) is 10.1. The number of nitrogens with zero attached hydrogens (tertiary/aromatic N) is 3. The Bertz CT molecular complexity index is 477. The predicted octanol–water partition coefficient (Wildman–Crippen LogP) is 2.06. The van der Waals surface area contributed by atoms with Crippen molar-refractivity contribution >= 4 is 0 Å². The van der Waals surface area contributed by atoms with Crippen LogP contribution in [0.15, 0.2) is 30.6 Å². The van der Waals surface area contributed by atoms with Gasteiger partial charge in [-0.2, -0.15) is 4.98 Å². The van der Waals surface area contributed by atoms with Crippen LogP contribution in [0.4, 0.5) is 0 Å². The summed E-state index contributed by atoms with van der Waals surface area (Å²) in [5, 5.41) is 4.22. The third-order valence-corrected chi connectivity index (χ3v) is 2.15. The second kappa shape index (κ2) is 4.86. The first kappa shape index (κ1) is 11.4. The molecule has 1 aromatic heterocycles. The molecule has 2 aromatic rings. The van der Waals surface area contributed by atoms with Crippen LogP contribution in [0, 0.1) is 0 Å². The van der Waals surface area contributed by atoms with Crippen LogP contribution in [-0.2, 0) is 0 Å². The fraction of sp³-hybridized carbons (Fsp3) is 0.333. The predicted molar refractivity (Wildman–Crippen MR) is 63.7 cm³/mol. The molecule has 0 aliphatic heterocycles. The number of hydrogen-bond acceptors (Lipinski definition) is 4. The lowest BCUT2D eigenvalue weighted by molar-refractivity contribution is 0.222. The van der Waals surface area contributed by atoms with E-state index < -0.39 is 0 Å². The number of hydrogen-bond donors (Lipinski definition) is 0. The van der Waals surface area contributed by atoms with Crippen LogP contribution in [-0.4, -0.2) is 28.0 Å². The van der Waals surface area contributed by atoms with Crippen molar-refractivity contribution in [2.45, 2.75) is 20.0 Å². The molecule has 5 nitrogen and oxygen atoms in total. The van der Waals surface area contributed by atoms with Gasteiger partial charge in [0.05, 0.1) is 18.9 Å². The van der Waals surface area contributed by atoms with Gasteiger partial charge in [-0.1, -0.05) is 0 Å². The molecule has 0 fully saturated rings. The maximum atomic E-state index is 5.39. The molecule has 0 amide bonds. The molecule has 0 saturated carbocycles. The van der Waals surface area contributed by atoms with E-state index in [1.165, 1.54) is 0 Å². The third kappa shape index (κ3) is 2.75. The summed E-state index contributed by atoms with van der Waals surface area (Å²) in [6.45, 7) is 3.88. The molecule has 0 spiro atoms. The standard InChI is InChI=1S/C12H15N3O2/c1-9(2)17-12-13-8-15(14-12)10-4-6-11(16-3)7-5-10/h4-9H,1-3H3. The van der Waals surface area contributed by atoms with Gasteiger partial charge in [-0.3, -0.25) is 0 Å². The maximum absolute atomic E-state index is 5.39. The number of rotatable bonds is 4. The normalized spacial score (nSPS) is 10.6. The van der Waals surface area contributed by atoms with E-state index in [9.17, 15) is 0 Å². The summed E-state index contributed by atoms with van der Waals surface area (Å²) in [6.07, 6.45) is 1.70. The Morgan fingerprint density at radius 2 is 1.88 bits per heavy atom. The molecular formula is C12H15N3O2. The zero-order chi connectivity index (χ0) is 12.3. The summed E-state index contributed by atoms with van der Waals surface area (Å²) < 4.78 is 12.2. The first-order valence-electron chi connectivity index (χ1n) is 5.42. The van der Waals surface area contributed by atoms with E-state index in [4.69, 9.17) is 9.47 Å². The van der Waals surface area contributed by atoms with Crippen LogP contribution in [0.5, 0.6) is 11.8 Å². The molecule has 0 N–H and O–H groups in total. The van der Waals surface area contributed by atoms with Gasteiger partial charge in [0.25, 0.3) is 0 Å². The number of ether oxygens (including phenoxy) is 2. The SMILES string of the molecule is COc1ccc(-n2cnc(OC(C)C)n2)cc1. The van der Waals surface area contributed by atoms with Crippen LogP contribution in [0.25, 0.3) is 5.69 Å². The van der Waals surface area contributed by atoms with Crippen molar-refractivity contribution in [2.24, 2.45) is 0 Å². The summed E-state index contributed by atoms with van der Waals surface area (Å²) in [4.78, 5) is 4.07. The van der Waals surface area contributed by atoms with Gasteiger partial charge in [-0.05, 0) is 38.1 Å². The zero-order valence-corrected chi connectivity index (χ0v) is 10.1. The summed E-state index contributed by atoms with van der Waals surface area (Å²) in [7, 11) is 1.64. The van der Waals surface area contributed by atoms with Crippen molar-refractivity contribution in [1.29, 1.82) is 0 Å². The molecule has 90 valence electrons. The molecule has 0 saturated heterocycles. The molecule has 2 rings (SSSR count). The van der Waals surface area contributed by atoms with Gasteiger partial charge in [-0.15, -0.1) is 5.10 Å². The minimum Gasteiger partial charge on any atom is -0.497 e. The van der Waals surface area contributed by atoms with E-state index in [-0.39, 0.29) is 6.10 Å². The lowest BCUT2D eigenvalue weighted by Crippen LogP contribution is -2.07. The van der Waals surface area contributed by atoms with Crippen molar-refractivity contribution in [3.63, 3.8) is 0 Å². The Kier molecular flexibility index (Phi) is 3.27. The number of methoxy groups -OCH3 is 1. The molecule has 5 heteroatoms. The van der Waals surface area contributed by atoms with E-state index in [0.29, 0.717) is 6.01 Å². The minimum absolute atomic E-state index is 0.0710. The quantitative estimate of drug-likeness (QED) is 0.811. The van der Waals surface area contributed by atoms with E-state index in [1.54, 1.807) is 18.1 Å². The van der Waals surface area contributed by atoms with E-state index in [1.807, 2.05) is 38.1 Å². The van der Waals surface area contributed by atoms with Gasteiger partial charge in [0, 0.05) is 0 Å². The van der Waals surface area contributed by atoms with Crippen LogP contribution in [0.2, 0.25) is 0 Å². The highest BCUT2D eigenvalue weighted by atomic mass is 16.5. The van der Waals surface area contributed by atoms with Gasteiger partial charge in [0.1, 0.15) is 12.1 Å². The summed E-state index contributed by atoms with van der Waals surface area (Å²) >= 11 is 0. The van der Waals surface area contributed by atoms with Crippen molar-refractivity contribution in [3.8, 4) is 17.4 Å². The topological polar surface area (TPSA) is 49.2 Å². The largest absolute Gasteiger partial charge is 0.497 e. The molecular weight excluding hydrogens is 218 g/mol. The average Bonchev–Trinajstić information content (AvgIpc) is 2.77. The van der Waals surface area contributed by atoms with Gasteiger partial charge in [0.15, 0.2) is 0 Å². The van der Waals surface area contributed by atoms with E-state index >= 15 is 0 Å². The highest BCUT2D eigenvalue weighted by molar-refractivity contribution is 5.36. The third-order valence-electron chi connectivity index (χ3n) is 2.15. The molecule has 0 radical (unpaired) electrons. The highest BCUT2D eigenvalue weighted by Gasteiger charge is 2.05. The molecule has 0 aliphatic carbocycles. The van der Waals surface area contributed by atoms with Crippen molar-refractivity contribution in [1.82, 2.24) is 14.8 Å². The summed E-state index contributed by atoms with van der Waals surface area (Å²) in [6, 6.07) is 7.95. The van der Waals surface area contributed by atoms with Gasteiger partial charge in [0.2, 0.25) is 0 Å². The molecule has 0 atom stereocenters. The Labute approximate surface area is 100 Å². The molecule has 0 unspecified atom stereocenters. The average molecular weight is 233 g/mol. The number of aromatic nitrogens is 3. The molecule has 17 heavy (non-hydrogen) atoms. The smallest absolute Gasteiger partial charge is 0.336 e. The second-order valence-corrected chi connectivity index (χ2v) is 3.84. The Morgan fingerprint density at radius 3 is 2.47 bits per heavy atom. The minimum atomic E-state index is 0.0710. The lowest BCUT2D eigenvalue weighted by atomic mass is 10.3. The van der Waals surface area contributed by atoms with Crippen LogP contribution < -0.4 is 9.47 Å². The van der Waals surface area contributed by atoms with Gasteiger partial charge < -0.3 is 9.47 Å². The van der Waals surface area contributed by atoms with E-state index in [2.05, 4.69) is 10.1 Å². The second-order valence-electron chi connectivity index (χ2n) is 3.84. The van der Waals surface area contributed by atoms with Gasteiger partial charge >= 0.3 is 6.01 Å². The Balaban J connectivity index is 2.18. The lowest BCUT2D eigenvalue weighted by Gasteiger charge is -2.04. The van der Waals surface area contributed by atoms with Crippen LogP contribution >= 0.6 is 0 Å². The Hall–Kier alpha value is -2.04. The molecule has 1 aromatic carbocycles. The van der Waals surface area contributed by atoms with Gasteiger partial charge in [-0.25, -0.2) is 4.68 Å². The summed E-state index contributed by atoms with van der Waals surface area (Å²) in [5.74, 6) is 0.813. The van der Waals surface area contributed by atoms with Crippen molar-refractivity contribution in [3.05, 3.63) is 30.6 Å². The van der Waals surface area contributed by atoms with Crippen molar-refractivity contribution in [2.75, 3.05) is 7.11 Å². The van der Waals surface area contributed by atoms with Crippen LogP contribution in [0.3, 0.4) is 0 Å². The van der Waals surface area contributed by atoms with Crippen LogP contribution in [0.1, 0.15) is 13.8 Å². The van der Waals surface area contributed by atoms with E-state index in [0.717, 1.165) is 11.4 Å².